The normalized spacial score (nSPS) is 11.9. The number of halogens is 3. The number of carbonyl (C=O) groups excluding carboxylic acids is 1. The van der Waals surface area contributed by atoms with Gasteiger partial charge in [-0.25, -0.2) is 4.98 Å². The molecule has 27 heavy (non-hydrogen) atoms. The Morgan fingerprint density at radius 2 is 1.89 bits per heavy atom. The molecule has 1 N–H and O–H groups in total. The minimum Gasteiger partial charge on any atom is -0.353 e. The molecule has 3 rings (SSSR count). The van der Waals surface area contributed by atoms with E-state index in [4.69, 9.17) is 0 Å². The van der Waals surface area contributed by atoms with Crippen molar-refractivity contribution >= 4 is 16.9 Å². The Morgan fingerprint density at radius 1 is 1.19 bits per heavy atom. The Hall–Kier alpha value is -2.84. The first-order valence-corrected chi connectivity index (χ1v) is 8.48. The molecule has 0 unspecified atom stereocenters. The predicted molar refractivity (Wildman–Crippen MR) is 94.2 cm³/mol. The fourth-order valence-electron chi connectivity index (χ4n) is 2.96. The summed E-state index contributed by atoms with van der Waals surface area (Å²) in [4.78, 5) is 15.9. The van der Waals surface area contributed by atoms with Gasteiger partial charge < -0.3 is 9.88 Å². The van der Waals surface area contributed by atoms with Crippen LogP contribution in [0, 0.1) is 20.8 Å². The lowest BCUT2D eigenvalue weighted by atomic mass is 10.2. The zero-order valence-electron chi connectivity index (χ0n) is 15.3. The van der Waals surface area contributed by atoms with Gasteiger partial charge in [-0.1, -0.05) is 12.1 Å². The summed E-state index contributed by atoms with van der Waals surface area (Å²) in [6.07, 6.45) is -4.64. The Morgan fingerprint density at radius 3 is 2.52 bits per heavy atom. The van der Waals surface area contributed by atoms with Crippen molar-refractivity contribution in [2.45, 2.75) is 40.0 Å². The molecule has 1 aromatic carbocycles. The van der Waals surface area contributed by atoms with Gasteiger partial charge in [0.25, 0.3) is 0 Å². The fourth-order valence-corrected chi connectivity index (χ4v) is 2.96. The van der Waals surface area contributed by atoms with Gasteiger partial charge in [-0.05, 0) is 38.5 Å². The number of aromatic nitrogens is 4. The molecule has 2 aromatic heterocycles. The number of nitrogens with zero attached hydrogens (tertiary/aromatic N) is 4. The molecule has 0 saturated heterocycles. The molecule has 6 nitrogen and oxygen atoms in total. The molecule has 0 bridgehead atoms. The van der Waals surface area contributed by atoms with Crippen LogP contribution in [0.3, 0.4) is 0 Å². The van der Waals surface area contributed by atoms with Gasteiger partial charge in [-0.3, -0.25) is 9.48 Å². The van der Waals surface area contributed by atoms with Gasteiger partial charge in [-0.15, -0.1) is 0 Å². The van der Waals surface area contributed by atoms with E-state index in [9.17, 15) is 18.0 Å². The highest BCUT2D eigenvalue weighted by Gasteiger charge is 2.37. The molecule has 9 heteroatoms. The van der Waals surface area contributed by atoms with Gasteiger partial charge in [0.1, 0.15) is 6.54 Å². The van der Waals surface area contributed by atoms with Crippen LogP contribution in [0.1, 0.15) is 22.8 Å². The Balaban J connectivity index is 1.71. The number of benzene rings is 1. The highest BCUT2D eigenvalue weighted by Crippen LogP contribution is 2.31. The Bertz CT molecular complexity index is 987. The standard InChI is InChI=1S/C18H20F3N5O/c1-11-12(2)24-26(13(11)3)9-8-22-16(27)10-25-15-7-5-4-6-14(15)23-17(25)18(19,20)21/h4-7H,8-10H2,1-3H3,(H,22,27). The summed E-state index contributed by atoms with van der Waals surface area (Å²) in [5.41, 5.74) is 3.48. The number of hydrogen-bond donors (Lipinski definition) is 1. The van der Waals surface area contributed by atoms with Crippen LogP contribution in [-0.4, -0.2) is 31.8 Å². The molecule has 3 aromatic rings. The zero-order valence-corrected chi connectivity index (χ0v) is 15.3. The summed E-state index contributed by atoms with van der Waals surface area (Å²) in [6.45, 7) is 6.07. The van der Waals surface area contributed by atoms with Crippen molar-refractivity contribution in [3.63, 3.8) is 0 Å². The van der Waals surface area contributed by atoms with Crippen LogP contribution in [-0.2, 0) is 24.1 Å². The minimum atomic E-state index is -4.64. The number of nitrogens with one attached hydrogen (secondary N) is 1. The minimum absolute atomic E-state index is 0.204. The average Bonchev–Trinajstić information content (AvgIpc) is 3.08. The van der Waals surface area contributed by atoms with Gasteiger partial charge in [0.2, 0.25) is 11.7 Å². The molecule has 1 amide bonds. The summed E-state index contributed by atoms with van der Waals surface area (Å²) in [6, 6.07) is 6.23. The van der Waals surface area contributed by atoms with E-state index in [-0.39, 0.29) is 17.6 Å². The van der Waals surface area contributed by atoms with E-state index in [1.807, 2.05) is 20.8 Å². The van der Waals surface area contributed by atoms with Crippen LogP contribution in [0.4, 0.5) is 13.2 Å². The second-order valence-corrected chi connectivity index (χ2v) is 6.38. The molecule has 2 heterocycles. The molecular formula is C18H20F3N5O. The maximum absolute atomic E-state index is 13.3. The van der Waals surface area contributed by atoms with Crippen molar-refractivity contribution in [1.82, 2.24) is 24.6 Å². The average molecular weight is 379 g/mol. The number of amides is 1. The van der Waals surface area contributed by atoms with E-state index in [1.165, 1.54) is 12.1 Å². The maximum Gasteiger partial charge on any atom is 0.449 e. The molecule has 144 valence electrons. The summed E-state index contributed by atoms with van der Waals surface area (Å²) < 4.78 is 42.5. The highest BCUT2D eigenvalue weighted by molar-refractivity contribution is 5.81. The predicted octanol–water partition coefficient (Wildman–Crippen LogP) is 2.99. The van der Waals surface area contributed by atoms with Gasteiger partial charge in [0.05, 0.1) is 23.3 Å². The van der Waals surface area contributed by atoms with Crippen molar-refractivity contribution in [2.75, 3.05) is 6.54 Å². The summed E-state index contributed by atoms with van der Waals surface area (Å²) in [7, 11) is 0. The fraction of sp³-hybridized carbons (Fsp3) is 0.389. The topological polar surface area (TPSA) is 64.7 Å². The molecule has 0 aliphatic rings. The van der Waals surface area contributed by atoms with E-state index in [0.29, 0.717) is 6.54 Å². The van der Waals surface area contributed by atoms with Crippen molar-refractivity contribution in [1.29, 1.82) is 0 Å². The second kappa shape index (κ2) is 7.05. The first-order valence-electron chi connectivity index (χ1n) is 8.48. The largest absolute Gasteiger partial charge is 0.449 e. The number of hydrogen-bond acceptors (Lipinski definition) is 3. The zero-order chi connectivity index (χ0) is 19.8. The van der Waals surface area contributed by atoms with Crippen LogP contribution in [0.5, 0.6) is 0 Å². The number of imidazole rings is 1. The Labute approximate surface area is 154 Å². The number of fused-ring (bicyclic) bond motifs is 1. The number of aryl methyl sites for hydroxylation is 1. The van der Waals surface area contributed by atoms with Crippen LogP contribution >= 0.6 is 0 Å². The third kappa shape index (κ3) is 3.81. The van der Waals surface area contributed by atoms with Crippen LogP contribution < -0.4 is 5.32 Å². The SMILES string of the molecule is Cc1nn(CCNC(=O)Cn2c(C(F)(F)F)nc3ccccc32)c(C)c1C. The lowest BCUT2D eigenvalue weighted by Gasteiger charge is -2.12. The molecule has 0 aliphatic carbocycles. The number of para-hydroxylation sites is 2. The monoisotopic (exact) mass is 379 g/mol. The number of carbonyl (C=O) groups is 1. The number of alkyl halides is 3. The Kier molecular flexibility index (Phi) is 4.95. The van der Waals surface area contributed by atoms with Crippen molar-refractivity contribution in [2.24, 2.45) is 0 Å². The van der Waals surface area contributed by atoms with Gasteiger partial charge in [-0.2, -0.15) is 18.3 Å². The third-order valence-corrected chi connectivity index (χ3v) is 4.60. The summed E-state index contributed by atoms with van der Waals surface area (Å²) >= 11 is 0. The van der Waals surface area contributed by atoms with Crippen molar-refractivity contribution in [3.8, 4) is 0 Å². The highest BCUT2D eigenvalue weighted by atomic mass is 19.4. The van der Waals surface area contributed by atoms with Crippen molar-refractivity contribution < 1.29 is 18.0 Å². The van der Waals surface area contributed by atoms with Crippen LogP contribution in [0.2, 0.25) is 0 Å². The van der Waals surface area contributed by atoms with E-state index in [1.54, 1.807) is 16.8 Å². The smallest absolute Gasteiger partial charge is 0.353 e. The second-order valence-electron chi connectivity index (χ2n) is 6.38. The van der Waals surface area contributed by atoms with Gasteiger partial charge in [0.15, 0.2) is 0 Å². The quantitative estimate of drug-likeness (QED) is 0.741. The molecule has 0 fully saturated rings. The third-order valence-electron chi connectivity index (χ3n) is 4.60. The summed E-state index contributed by atoms with van der Waals surface area (Å²) in [5, 5.41) is 7.02. The van der Waals surface area contributed by atoms with Crippen molar-refractivity contribution in [3.05, 3.63) is 47.0 Å². The maximum atomic E-state index is 13.3. The first kappa shape index (κ1) is 18.9. The van der Waals surface area contributed by atoms with E-state index < -0.39 is 24.5 Å². The van der Waals surface area contributed by atoms with E-state index in [0.717, 1.165) is 21.5 Å². The molecule has 0 atom stereocenters. The molecule has 0 aliphatic heterocycles. The van der Waals surface area contributed by atoms with Gasteiger partial charge in [0, 0.05) is 12.2 Å². The number of rotatable bonds is 5. The molecular weight excluding hydrogens is 359 g/mol. The van der Waals surface area contributed by atoms with E-state index in [2.05, 4.69) is 15.4 Å². The molecule has 0 spiro atoms. The van der Waals surface area contributed by atoms with E-state index >= 15 is 0 Å². The molecule has 0 radical (unpaired) electrons. The lowest BCUT2D eigenvalue weighted by Crippen LogP contribution is -2.32. The van der Waals surface area contributed by atoms with Crippen LogP contribution in [0.25, 0.3) is 11.0 Å². The lowest BCUT2D eigenvalue weighted by molar-refractivity contribution is -0.147. The molecule has 0 saturated carbocycles. The first-order chi connectivity index (χ1) is 12.7. The summed E-state index contributed by atoms with van der Waals surface area (Å²) in [5.74, 6) is -1.59. The van der Waals surface area contributed by atoms with Crippen LogP contribution in [0.15, 0.2) is 24.3 Å². The van der Waals surface area contributed by atoms with Gasteiger partial charge >= 0.3 is 6.18 Å².